The molecule has 0 bridgehead atoms. The number of amides is 1. The third-order valence-electron chi connectivity index (χ3n) is 4.56. The van der Waals surface area contributed by atoms with Crippen LogP contribution >= 0.6 is 15.9 Å². The molecule has 1 aliphatic rings. The summed E-state index contributed by atoms with van der Waals surface area (Å²) in [5.41, 5.74) is 0.269. The van der Waals surface area contributed by atoms with Gasteiger partial charge in [-0.05, 0) is 52.9 Å². The van der Waals surface area contributed by atoms with Gasteiger partial charge in [0.2, 0.25) is 10.0 Å². The Morgan fingerprint density at radius 2 is 1.89 bits per heavy atom. The fourth-order valence-corrected chi connectivity index (χ4v) is 5.08. The van der Waals surface area contributed by atoms with E-state index >= 15 is 0 Å². The van der Waals surface area contributed by atoms with E-state index in [1.54, 1.807) is 11.0 Å². The van der Waals surface area contributed by atoms with Crippen LogP contribution in [0.2, 0.25) is 0 Å². The van der Waals surface area contributed by atoms with Crippen LogP contribution in [0.15, 0.2) is 27.6 Å². The van der Waals surface area contributed by atoms with Gasteiger partial charge in [0, 0.05) is 30.7 Å². The number of carbonyl (C=O) groups excluding carboxylic acids is 2. The van der Waals surface area contributed by atoms with E-state index in [-0.39, 0.29) is 35.2 Å². The minimum Gasteiger partial charge on any atom is -0.469 e. The predicted octanol–water partition coefficient (Wildman–Crippen LogP) is 2.89. The highest BCUT2D eigenvalue weighted by Crippen LogP contribution is 2.26. The lowest BCUT2D eigenvalue weighted by Crippen LogP contribution is -2.36. The van der Waals surface area contributed by atoms with Crippen LogP contribution in [-0.2, 0) is 19.6 Å². The number of methoxy groups -OCH3 is 1. The molecule has 1 aliphatic heterocycles. The minimum absolute atomic E-state index is 0.0817. The minimum atomic E-state index is -3.62. The van der Waals surface area contributed by atoms with Crippen LogP contribution in [0.25, 0.3) is 0 Å². The Morgan fingerprint density at radius 3 is 2.46 bits per heavy atom. The van der Waals surface area contributed by atoms with Crippen molar-refractivity contribution in [3.8, 4) is 0 Å². The molecule has 0 N–H and O–H groups in total. The molecule has 0 saturated carbocycles. The van der Waals surface area contributed by atoms with Gasteiger partial charge in [-0.1, -0.05) is 13.8 Å². The molecule has 0 atom stereocenters. The van der Waals surface area contributed by atoms with Crippen LogP contribution in [0.5, 0.6) is 0 Å². The average Bonchev–Trinajstić information content (AvgIpc) is 3.19. The Hall–Kier alpha value is -1.45. The molecule has 0 unspecified atom stereocenters. The maximum absolute atomic E-state index is 13.1. The lowest BCUT2D eigenvalue weighted by atomic mass is 10.1. The maximum Gasteiger partial charge on any atom is 0.307 e. The summed E-state index contributed by atoms with van der Waals surface area (Å²) < 4.78 is 32.3. The number of carbonyl (C=O) groups is 2. The van der Waals surface area contributed by atoms with Crippen LogP contribution < -0.4 is 0 Å². The van der Waals surface area contributed by atoms with Gasteiger partial charge < -0.3 is 9.64 Å². The summed E-state index contributed by atoms with van der Waals surface area (Å²) in [6, 6.07) is 4.52. The molecule has 1 saturated heterocycles. The largest absolute Gasteiger partial charge is 0.469 e. The molecule has 0 aliphatic carbocycles. The van der Waals surface area contributed by atoms with Crippen molar-refractivity contribution in [1.29, 1.82) is 0 Å². The van der Waals surface area contributed by atoms with Crippen molar-refractivity contribution < 1.29 is 22.7 Å². The van der Waals surface area contributed by atoms with Crippen LogP contribution in [0.1, 0.15) is 43.5 Å². The molecule has 1 fully saturated rings. The van der Waals surface area contributed by atoms with Gasteiger partial charge >= 0.3 is 5.97 Å². The first-order valence-electron chi connectivity index (χ1n) is 9.32. The first-order valence-corrected chi connectivity index (χ1v) is 11.6. The van der Waals surface area contributed by atoms with Gasteiger partial charge in [-0.2, -0.15) is 4.31 Å². The van der Waals surface area contributed by atoms with E-state index in [9.17, 15) is 18.0 Å². The Kier molecular flexibility index (Phi) is 8.03. The van der Waals surface area contributed by atoms with Gasteiger partial charge in [-0.15, -0.1) is 0 Å². The van der Waals surface area contributed by atoms with Gasteiger partial charge in [0.25, 0.3) is 5.91 Å². The second-order valence-electron chi connectivity index (χ2n) is 7.22. The molecule has 9 heteroatoms. The predicted molar refractivity (Wildman–Crippen MR) is 110 cm³/mol. The highest BCUT2D eigenvalue weighted by atomic mass is 79.9. The molecule has 1 aromatic carbocycles. The van der Waals surface area contributed by atoms with Crippen LogP contribution in [0.4, 0.5) is 0 Å². The molecule has 2 rings (SSSR count). The van der Waals surface area contributed by atoms with Crippen molar-refractivity contribution in [3.05, 3.63) is 28.2 Å². The summed E-state index contributed by atoms with van der Waals surface area (Å²) in [4.78, 5) is 26.3. The summed E-state index contributed by atoms with van der Waals surface area (Å²) in [6.07, 6.45) is 1.77. The molecule has 28 heavy (non-hydrogen) atoms. The van der Waals surface area contributed by atoms with E-state index in [4.69, 9.17) is 0 Å². The second-order valence-corrected chi connectivity index (χ2v) is 10.0. The number of hydrogen-bond acceptors (Lipinski definition) is 5. The van der Waals surface area contributed by atoms with Crippen molar-refractivity contribution in [3.63, 3.8) is 0 Å². The molecule has 0 radical (unpaired) electrons. The number of halogens is 1. The van der Waals surface area contributed by atoms with Gasteiger partial charge in [0.1, 0.15) is 0 Å². The zero-order chi connectivity index (χ0) is 20.9. The third-order valence-corrected chi connectivity index (χ3v) is 7.14. The molecular weight excluding hydrogens is 448 g/mol. The molecule has 1 heterocycles. The molecular formula is C19H27BrN2O5S. The highest BCUT2D eigenvalue weighted by Gasteiger charge is 2.29. The van der Waals surface area contributed by atoms with E-state index in [0.29, 0.717) is 24.1 Å². The van der Waals surface area contributed by atoms with Gasteiger partial charge in [0.05, 0.1) is 24.0 Å². The molecule has 0 aromatic heterocycles. The summed E-state index contributed by atoms with van der Waals surface area (Å²) in [6.45, 7) is 5.61. The number of nitrogens with zero attached hydrogens (tertiary/aromatic N) is 2. The zero-order valence-electron chi connectivity index (χ0n) is 16.5. The molecule has 1 aromatic rings. The molecule has 7 nitrogen and oxygen atoms in total. The number of rotatable bonds is 8. The fraction of sp³-hybridized carbons (Fsp3) is 0.579. The van der Waals surface area contributed by atoms with E-state index in [0.717, 1.165) is 12.8 Å². The molecule has 0 spiro atoms. The summed E-state index contributed by atoms with van der Waals surface area (Å²) >= 11 is 3.36. The lowest BCUT2D eigenvalue weighted by molar-refractivity contribution is -0.140. The normalized spacial score (nSPS) is 15.0. The highest BCUT2D eigenvalue weighted by molar-refractivity contribution is 9.10. The number of ether oxygens (including phenoxy) is 1. The van der Waals surface area contributed by atoms with Crippen molar-refractivity contribution in [2.75, 3.05) is 33.3 Å². The number of sulfonamides is 1. The van der Waals surface area contributed by atoms with Crippen molar-refractivity contribution in [1.82, 2.24) is 9.21 Å². The Balaban J connectivity index is 2.32. The lowest BCUT2D eigenvalue weighted by Gasteiger charge is -2.25. The Labute approximate surface area is 175 Å². The van der Waals surface area contributed by atoms with E-state index in [2.05, 4.69) is 20.7 Å². The average molecular weight is 475 g/mol. The van der Waals surface area contributed by atoms with Gasteiger partial charge in [-0.25, -0.2) is 8.42 Å². The van der Waals surface area contributed by atoms with E-state index in [1.165, 1.54) is 23.5 Å². The van der Waals surface area contributed by atoms with Gasteiger partial charge in [-0.3, -0.25) is 9.59 Å². The van der Waals surface area contributed by atoms with Crippen LogP contribution in [0.3, 0.4) is 0 Å². The summed E-state index contributed by atoms with van der Waals surface area (Å²) in [7, 11) is -2.32. The smallest absolute Gasteiger partial charge is 0.307 e. The maximum atomic E-state index is 13.1. The number of benzene rings is 1. The summed E-state index contributed by atoms with van der Waals surface area (Å²) in [5, 5.41) is 0. The van der Waals surface area contributed by atoms with Crippen molar-refractivity contribution in [2.24, 2.45) is 5.92 Å². The van der Waals surface area contributed by atoms with Crippen molar-refractivity contribution in [2.45, 2.75) is 38.0 Å². The second kappa shape index (κ2) is 9.84. The van der Waals surface area contributed by atoms with Crippen molar-refractivity contribution >= 4 is 37.8 Å². The molecule has 156 valence electrons. The quantitative estimate of drug-likeness (QED) is 0.540. The number of hydrogen-bond donors (Lipinski definition) is 0. The monoisotopic (exact) mass is 474 g/mol. The van der Waals surface area contributed by atoms with Crippen LogP contribution in [-0.4, -0.2) is 62.8 Å². The third kappa shape index (κ3) is 5.55. The first kappa shape index (κ1) is 22.8. The van der Waals surface area contributed by atoms with Crippen LogP contribution in [0, 0.1) is 5.92 Å². The van der Waals surface area contributed by atoms with E-state index < -0.39 is 16.0 Å². The van der Waals surface area contributed by atoms with Gasteiger partial charge in [0.15, 0.2) is 0 Å². The Morgan fingerprint density at radius 1 is 1.25 bits per heavy atom. The molecule has 1 amide bonds. The zero-order valence-corrected chi connectivity index (χ0v) is 18.9. The van der Waals surface area contributed by atoms with E-state index in [1.807, 2.05) is 13.8 Å². The Bertz CT molecular complexity index is 820. The SMILES string of the molecule is COC(=O)CCN(CC(C)C)C(=O)c1cc(S(=O)(=O)N2CCCC2)ccc1Br. The fourth-order valence-electron chi connectivity index (χ4n) is 3.12. The summed E-state index contributed by atoms with van der Waals surface area (Å²) in [5.74, 6) is -0.522. The topological polar surface area (TPSA) is 84.0 Å². The number of esters is 1. The standard InChI is InChI=1S/C19H27BrN2O5S/c1-14(2)13-21(11-8-18(23)27-3)19(24)16-12-15(6-7-17(16)20)28(25,26)22-9-4-5-10-22/h6-7,12,14H,4-5,8-11,13H2,1-3H3. The first-order chi connectivity index (χ1) is 13.2.